The highest BCUT2D eigenvalue weighted by atomic mass is 79.9. The van der Waals surface area contributed by atoms with Crippen LogP contribution in [0, 0.1) is 0 Å². The third kappa shape index (κ3) is 2.29. The van der Waals surface area contributed by atoms with Crippen LogP contribution < -0.4 is 16.8 Å². The summed E-state index contributed by atoms with van der Waals surface area (Å²) >= 11 is 4.49. The van der Waals surface area contributed by atoms with Crippen molar-refractivity contribution in [2.24, 2.45) is 5.84 Å². The van der Waals surface area contributed by atoms with Gasteiger partial charge >= 0.3 is 0 Å². The van der Waals surface area contributed by atoms with Crippen molar-refractivity contribution in [2.45, 2.75) is 6.54 Å². The molecule has 0 aromatic carbocycles. The topological polar surface area (TPSA) is 85.8 Å². The van der Waals surface area contributed by atoms with Crippen LogP contribution >= 0.6 is 27.3 Å². The van der Waals surface area contributed by atoms with Crippen LogP contribution in [0.2, 0.25) is 0 Å². The summed E-state index contributed by atoms with van der Waals surface area (Å²) in [5.41, 5.74) is 2.31. The first-order valence-corrected chi connectivity index (χ1v) is 5.95. The molecule has 2 aromatic heterocycles. The smallest absolute Gasteiger partial charge is 0.265 e. The van der Waals surface area contributed by atoms with Gasteiger partial charge in [0.1, 0.15) is 5.01 Å². The monoisotopic (exact) mass is 301 g/mol. The van der Waals surface area contributed by atoms with E-state index in [2.05, 4.69) is 31.6 Å². The van der Waals surface area contributed by atoms with Gasteiger partial charge < -0.3 is 4.57 Å². The van der Waals surface area contributed by atoms with Gasteiger partial charge in [-0.25, -0.2) is 5.84 Å². The van der Waals surface area contributed by atoms with Gasteiger partial charge in [0.15, 0.2) is 0 Å². The Morgan fingerprint density at radius 2 is 2.38 bits per heavy atom. The minimum Gasteiger partial charge on any atom is -0.308 e. The Morgan fingerprint density at radius 3 is 3.06 bits per heavy atom. The lowest BCUT2D eigenvalue weighted by molar-refractivity contribution is 0.740. The number of hydrogen-bond acceptors (Lipinski definition) is 6. The second kappa shape index (κ2) is 4.73. The number of hydrazine groups is 1. The van der Waals surface area contributed by atoms with Gasteiger partial charge in [0.05, 0.1) is 11.0 Å². The number of nitrogens with one attached hydrogen (secondary N) is 1. The Labute approximate surface area is 103 Å². The molecule has 0 saturated carbocycles. The summed E-state index contributed by atoms with van der Waals surface area (Å²) in [6.45, 7) is 0.387. The third-order valence-electron chi connectivity index (χ3n) is 1.87. The molecule has 0 radical (unpaired) electrons. The van der Waals surface area contributed by atoms with Crippen molar-refractivity contribution in [3.8, 4) is 0 Å². The molecule has 16 heavy (non-hydrogen) atoms. The van der Waals surface area contributed by atoms with Crippen molar-refractivity contribution in [3.05, 3.63) is 38.2 Å². The second-order valence-electron chi connectivity index (χ2n) is 2.93. The first-order valence-electron chi connectivity index (χ1n) is 4.34. The molecule has 84 valence electrons. The number of aromatic nitrogens is 3. The zero-order chi connectivity index (χ0) is 11.5. The average molecular weight is 302 g/mol. The molecule has 0 aliphatic rings. The first kappa shape index (κ1) is 11.2. The average Bonchev–Trinajstić information content (AvgIpc) is 2.73. The summed E-state index contributed by atoms with van der Waals surface area (Å²) in [5, 5.41) is 8.93. The zero-order valence-electron chi connectivity index (χ0n) is 8.05. The number of pyridine rings is 1. The molecule has 2 heterocycles. The highest BCUT2D eigenvalue weighted by molar-refractivity contribution is 9.10. The van der Waals surface area contributed by atoms with Crippen molar-refractivity contribution in [2.75, 3.05) is 5.43 Å². The van der Waals surface area contributed by atoms with Crippen LogP contribution in [0.1, 0.15) is 5.01 Å². The number of nitrogens with two attached hydrogens (primary N) is 1. The van der Waals surface area contributed by atoms with E-state index in [-0.39, 0.29) is 5.56 Å². The Morgan fingerprint density at radius 1 is 1.56 bits per heavy atom. The molecule has 0 aliphatic carbocycles. The lowest BCUT2D eigenvalue weighted by Gasteiger charge is -2.01. The predicted molar refractivity (Wildman–Crippen MR) is 65.2 cm³/mol. The van der Waals surface area contributed by atoms with Gasteiger partial charge in [0.2, 0.25) is 5.13 Å². The van der Waals surface area contributed by atoms with E-state index in [0.717, 1.165) is 0 Å². The molecule has 0 bridgehead atoms. The fourth-order valence-electron chi connectivity index (χ4n) is 1.15. The van der Waals surface area contributed by atoms with Crippen molar-refractivity contribution in [1.29, 1.82) is 0 Å². The van der Waals surface area contributed by atoms with Crippen molar-refractivity contribution >= 4 is 32.4 Å². The predicted octanol–water partition coefficient (Wildman–Crippen LogP) is 0.796. The standard InChI is InChI=1S/C8H8BrN5OS/c9-5-2-1-3-14(7(5)15)4-6-12-13-8(11-10)16-6/h1-3H,4,10H2,(H,11,13). The Kier molecular flexibility index (Phi) is 3.32. The summed E-state index contributed by atoms with van der Waals surface area (Å²) in [7, 11) is 0. The van der Waals surface area contributed by atoms with Crippen LogP contribution in [0.15, 0.2) is 27.6 Å². The second-order valence-corrected chi connectivity index (χ2v) is 4.85. The number of anilines is 1. The van der Waals surface area contributed by atoms with Gasteiger partial charge in [-0.2, -0.15) is 0 Å². The fraction of sp³-hybridized carbons (Fsp3) is 0.125. The normalized spacial score (nSPS) is 10.4. The van der Waals surface area contributed by atoms with Crippen molar-refractivity contribution < 1.29 is 0 Å². The van der Waals surface area contributed by atoms with Gasteiger partial charge in [0, 0.05) is 6.20 Å². The maximum absolute atomic E-state index is 11.7. The SMILES string of the molecule is NNc1nnc(Cn2cccc(Br)c2=O)s1. The van der Waals surface area contributed by atoms with Crippen LogP contribution in [-0.2, 0) is 6.54 Å². The fourth-order valence-corrected chi connectivity index (χ4v) is 2.18. The number of hydrogen-bond donors (Lipinski definition) is 2. The lowest BCUT2D eigenvalue weighted by atomic mass is 10.4. The maximum atomic E-state index is 11.7. The molecule has 0 saturated heterocycles. The van der Waals surface area contributed by atoms with Crippen LogP contribution in [0.5, 0.6) is 0 Å². The van der Waals surface area contributed by atoms with Crippen LogP contribution in [-0.4, -0.2) is 14.8 Å². The lowest BCUT2D eigenvalue weighted by Crippen LogP contribution is -2.20. The summed E-state index contributed by atoms with van der Waals surface area (Å²) in [6, 6.07) is 3.49. The van der Waals surface area contributed by atoms with E-state index in [1.165, 1.54) is 11.3 Å². The molecule has 0 aliphatic heterocycles. The molecule has 0 atom stereocenters. The van der Waals surface area contributed by atoms with E-state index in [9.17, 15) is 4.79 Å². The number of nitrogens with zero attached hydrogens (tertiary/aromatic N) is 3. The van der Waals surface area contributed by atoms with Crippen LogP contribution in [0.4, 0.5) is 5.13 Å². The van der Waals surface area contributed by atoms with Gasteiger partial charge in [-0.05, 0) is 28.1 Å². The van der Waals surface area contributed by atoms with E-state index in [0.29, 0.717) is 21.2 Å². The number of halogens is 1. The van der Waals surface area contributed by atoms with E-state index in [1.54, 1.807) is 22.9 Å². The molecule has 0 unspecified atom stereocenters. The minimum atomic E-state index is -0.0973. The van der Waals surface area contributed by atoms with Crippen LogP contribution in [0.25, 0.3) is 0 Å². The molecule has 2 aromatic rings. The van der Waals surface area contributed by atoms with Gasteiger partial charge in [-0.1, -0.05) is 11.3 Å². The Hall–Kier alpha value is -1.25. The highest BCUT2D eigenvalue weighted by Gasteiger charge is 2.05. The van der Waals surface area contributed by atoms with E-state index in [1.807, 2.05) is 0 Å². The quantitative estimate of drug-likeness (QED) is 0.647. The van der Waals surface area contributed by atoms with E-state index >= 15 is 0 Å². The minimum absolute atomic E-state index is 0.0973. The van der Waals surface area contributed by atoms with Crippen LogP contribution in [0.3, 0.4) is 0 Å². The Balaban J connectivity index is 2.27. The highest BCUT2D eigenvalue weighted by Crippen LogP contribution is 2.14. The molecule has 0 fully saturated rings. The molecular weight excluding hydrogens is 294 g/mol. The first-order chi connectivity index (χ1) is 7.70. The molecule has 2 rings (SSSR count). The summed E-state index contributed by atoms with van der Waals surface area (Å²) in [5.74, 6) is 5.19. The van der Waals surface area contributed by atoms with Gasteiger partial charge in [0.25, 0.3) is 5.56 Å². The zero-order valence-corrected chi connectivity index (χ0v) is 10.5. The number of rotatable bonds is 3. The third-order valence-corrected chi connectivity index (χ3v) is 3.31. The summed E-state index contributed by atoms with van der Waals surface area (Å²) in [6.07, 6.45) is 1.70. The molecule has 0 amide bonds. The largest absolute Gasteiger partial charge is 0.308 e. The van der Waals surface area contributed by atoms with Crippen molar-refractivity contribution in [1.82, 2.24) is 14.8 Å². The van der Waals surface area contributed by atoms with Gasteiger partial charge in [-0.3, -0.25) is 10.2 Å². The summed E-state index contributed by atoms with van der Waals surface area (Å²) in [4.78, 5) is 11.7. The maximum Gasteiger partial charge on any atom is 0.265 e. The molecular formula is C8H8BrN5OS. The van der Waals surface area contributed by atoms with Crippen molar-refractivity contribution in [3.63, 3.8) is 0 Å². The van der Waals surface area contributed by atoms with E-state index < -0.39 is 0 Å². The molecule has 6 nitrogen and oxygen atoms in total. The summed E-state index contributed by atoms with van der Waals surface area (Å²) < 4.78 is 2.07. The molecule has 8 heteroatoms. The molecule has 3 N–H and O–H groups in total. The number of nitrogen functional groups attached to an aromatic ring is 1. The van der Waals surface area contributed by atoms with E-state index in [4.69, 9.17) is 5.84 Å². The Bertz CT molecular complexity index is 551. The van der Waals surface area contributed by atoms with Gasteiger partial charge in [-0.15, -0.1) is 10.2 Å². The molecule has 0 spiro atoms.